The number of benzene rings is 1. The molecule has 0 spiro atoms. The molecule has 2 aliphatic heterocycles. The standard InChI is InChI=1S/C17H23FN2O2/c1-2-22-17(21)20-13-8-9-15(20)16(18)14(10-13)19-11-12-6-4-3-5-7-12/h3-7,13-16,19H,2,8-11H2,1H3/t13-,14+,15+,16-/m1/s1. The largest absolute Gasteiger partial charge is 0.450 e. The molecule has 22 heavy (non-hydrogen) atoms. The first kappa shape index (κ1) is 15.3. The van der Waals surface area contributed by atoms with E-state index in [2.05, 4.69) is 5.32 Å². The van der Waals surface area contributed by atoms with Crippen LogP contribution in [0.2, 0.25) is 0 Å². The number of halogens is 1. The lowest BCUT2D eigenvalue weighted by Gasteiger charge is -2.40. The Hall–Kier alpha value is -1.62. The minimum absolute atomic E-state index is 0.101. The van der Waals surface area contributed by atoms with Gasteiger partial charge < -0.3 is 10.1 Å². The summed E-state index contributed by atoms with van der Waals surface area (Å²) in [7, 11) is 0. The van der Waals surface area contributed by atoms with Gasteiger partial charge in [0.1, 0.15) is 6.17 Å². The summed E-state index contributed by atoms with van der Waals surface area (Å²) in [6.45, 7) is 2.77. The van der Waals surface area contributed by atoms with Gasteiger partial charge in [-0.1, -0.05) is 30.3 Å². The van der Waals surface area contributed by atoms with Crippen molar-refractivity contribution < 1.29 is 13.9 Å². The minimum Gasteiger partial charge on any atom is -0.450 e. The Labute approximate surface area is 130 Å². The second-order valence-corrected chi connectivity index (χ2v) is 6.06. The summed E-state index contributed by atoms with van der Waals surface area (Å²) in [6, 6.07) is 9.57. The third-order valence-electron chi connectivity index (χ3n) is 4.71. The predicted molar refractivity (Wildman–Crippen MR) is 82.3 cm³/mol. The fourth-order valence-electron chi connectivity index (χ4n) is 3.67. The van der Waals surface area contributed by atoms with Gasteiger partial charge in [0.05, 0.1) is 12.6 Å². The first-order valence-electron chi connectivity index (χ1n) is 8.07. The van der Waals surface area contributed by atoms with Gasteiger partial charge >= 0.3 is 6.09 Å². The molecule has 4 nitrogen and oxygen atoms in total. The van der Waals surface area contributed by atoms with Gasteiger partial charge in [-0.25, -0.2) is 9.18 Å². The average molecular weight is 306 g/mol. The zero-order valence-corrected chi connectivity index (χ0v) is 12.9. The van der Waals surface area contributed by atoms with Crippen molar-refractivity contribution in [1.82, 2.24) is 10.2 Å². The number of ether oxygens (including phenoxy) is 1. The second kappa shape index (κ2) is 6.65. The Kier molecular flexibility index (Phi) is 4.62. The van der Waals surface area contributed by atoms with Crippen LogP contribution in [-0.2, 0) is 11.3 Å². The fourth-order valence-corrected chi connectivity index (χ4v) is 3.67. The van der Waals surface area contributed by atoms with Gasteiger partial charge in [0.2, 0.25) is 0 Å². The summed E-state index contributed by atoms with van der Waals surface area (Å²) in [5.41, 5.74) is 1.15. The molecule has 1 aromatic rings. The Balaban J connectivity index is 1.62. The molecule has 2 saturated heterocycles. The van der Waals surface area contributed by atoms with Gasteiger partial charge in [-0.05, 0) is 31.7 Å². The van der Waals surface area contributed by atoms with E-state index in [1.165, 1.54) is 0 Å². The third kappa shape index (κ3) is 2.95. The average Bonchev–Trinajstić information content (AvgIpc) is 2.88. The Morgan fingerprint density at radius 1 is 1.36 bits per heavy atom. The number of hydrogen-bond acceptors (Lipinski definition) is 3. The summed E-state index contributed by atoms with van der Waals surface area (Å²) in [5, 5.41) is 3.33. The summed E-state index contributed by atoms with van der Waals surface area (Å²) < 4.78 is 19.9. The Bertz CT molecular complexity index is 511. The number of alkyl halides is 1. The molecule has 1 amide bonds. The van der Waals surface area contributed by atoms with Crippen LogP contribution in [0, 0.1) is 0 Å². The summed E-state index contributed by atoms with van der Waals surface area (Å²) in [4.78, 5) is 13.6. The topological polar surface area (TPSA) is 41.6 Å². The van der Waals surface area contributed by atoms with E-state index in [1.54, 1.807) is 11.8 Å². The van der Waals surface area contributed by atoms with Crippen LogP contribution in [0.3, 0.4) is 0 Å². The third-order valence-corrected chi connectivity index (χ3v) is 4.71. The van der Waals surface area contributed by atoms with E-state index in [0.29, 0.717) is 19.6 Å². The quantitative estimate of drug-likeness (QED) is 0.930. The van der Waals surface area contributed by atoms with Crippen LogP contribution in [0.4, 0.5) is 9.18 Å². The highest BCUT2D eigenvalue weighted by atomic mass is 19.1. The van der Waals surface area contributed by atoms with Crippen LogP contribution in [0.15, 0.2) is 30.3 Å². The zero-order valence-electron chi connectivity index (χ0n) is 12.9. The Morgan fingerprint density at radius 3 is 2.86 bits per heavy atom. The number of fused-ring (bicyclic) bond motifs is 2. The molecule has 0 saturated carbocycles. The zero-order chi connectivity index (χ0) is 15.5. The maximum atomic E-state index is 14.8. The highest BCUT2D eigenvalue weighted by Gasteiger charge is 2.50. The van der Waals surface area contributed by atoms with Gasteiger partial charge in [-0.3, -0.25) is 4.90 Å². The van der Waals surface area contributed by atoms with Crippen LogP contribution in [0.5, 0.6) is 0 Å². The minimum atomic E-state index is -1.04. The lowest BCUT2D eigenvalue weighted by molar-refractivity contribution is 0.0263. The van der Waals surface area contributed by atoms with Crippen LogP contribution in [-0.4, -0.2) is 41.9 Å². The molecule has 2 bridgehead atoms. The summed E-state index contributed by atoms with van der Waals surface area (Å²) >= 11 is 0. The number of amides is 1. The molecule has 1 N–H and O–H groups in total. The lowest BCUT2D eigenvalue weighted by atomic mass is 9.95. The highest BCUT2D eigenvalue weighted by molar-refractivity contribution is 5.69. The molecule has 0 unspecified atom stereocenters. The van der Waals surface area contributed by atoms with Gasteiger partial charge in [-0.2, -0.15) is 0 Å². The van der Waals surface area contributed by atoms with Crippen LogP contribution in [0.25, 0.3) is 0 Å². The van der Waals surface area contributed by atoms with Crippen molar-refractivity contribution in [3.05, 3.63) is 35.9 Å². The van der Waals surface area contributed by atoms with Crippen molar-refractivity contribution in [1.29, 1.82) is 0 Å². The van der Waals surface area contributed by atoms with E-state index >= 15 is 0 Å². The van der Waals surface area contributed by atoms with Gasteiger partial charge in [0.25, 0.3) is 0 Å². The number of carbonyl (C=O) groups excluding carboxylic acids is 1. The van der Waals surface area contributed by atoms with Crippen molar-refractivity contribution in [3.63, 3.8) is 0 Å². The monoisotopic (exact) mass is 306 g/mol. The molecular formula is C17H23FN2O2. The normalized spacial score (nSPS) is 30.4. The van der Waals surface area contributed by atoms with Crippen molar-refractivity contribution in [2.24, 2.45) is 0 Å². The first-order valence-corrected chi connectivity index (χ1v) is 8.07. The summed E-state index contributed by atoms with van der Waals surface area (Å²) in [5.74, 6) is 0. The molecule has 0 aliphatic carbocycles. The molecule has 2 heterocycles. The smallest absolute Gasteiger partial charge is 0.410 e. The number of nitrogens with zero attached hydrogens (tertiary/aromatic N) is 1. The SMILES string of the molecule is CCOC(=O)N1[C@@H]2CC[C@H]1[C@H](F)[C@@H](NCc1ccccc1)C2. The molecule has 4 atom stereocenters. The van der Waals surface area contributed by atoms with Crippen molar-refractivity contribution >= 4 is 6.09 Å². The maximum absolute atomic E-state index is 14.8. The van der Waals surface area contributed by atoms with Crippen LogP contribution in [0.1, 0.15) is 31.7 Å². The molecule has 1 aromatic carbocycles. The van der Waals surface area contributed by atoms with Crippen molar-refractivity contribution in [3.8, 4) is 0 Å². The molecule has 2 aliphatic rings. The van der Waals surface area contributed by atoms with Gasteiger partial charge in [0.15, 0.2) is 0 Å². The number of hydrogen-bond donors (Lipinski definition) is 1. The van der Waals surface area contributed by atoms with Gasteiger partial charge in [0, 0.05) is 18.6 Å². The highest BCUT2D eigenvalue weighted by Crippen LogP contribution is 2.38. The van der Waals surface area contributed by atoms with Crippen molar-refractivity contribution in [2.45, 2.75) is 57.0 Å². The maximum Gasteiger partial charge on any atom is 0.410 e. The number of carbonyl (C=O) groups is 1. The lowest BCUT2D eigenvalue weighted by Crippen LogP contribution is -2.58. The molecular weight excluding hydrogens is 283 g/mol. The fraction of sp³-hybridized carbons (Fsp3) is 0.588. The van der Waals surface area contributed by atoms with Crippen LogP contribution < -0.4 is 5.32 Å². The molecule has 3 rings (SSSR count). The van der Waals surface area contributed by atoms with E-state index in [4.69, 9.17) is 4.74 Å². The molecule has 0 radical (unpaired) electrons. The molecule has 5 heteroatoms. The molecule has 2 fully saturated rings. The van der Waals surface area contributed by atoms with Crippen LogP contribution >= 0.6 is 0 Å². The number of nitrogens with one attached hydrogen (secondary N) is 1. The Morgan fingerprint density at radius 2 is 2.14 bits per heavy atom. The van der Waals surface area contributed by atoms with Gasteiger partial charge in [-0.15, -0.1) is 0 Å². The summed E-state index contributed by atoms with van der Waals surface area (Å²) in [6.07, 6.45) is 0.858. The second-order valence-electron chi connectivity index (χ2n) is 6.06. The van der Waals surface area contributed by atoms with E-state index in [9.17, 15) is 9.18 Å². The van der Waals surface area contributed by atoms with E-state index < -0.39 is 6.17 Å². The predicted octanol–water partition coefficient (Wildman–Crippen LogP) is 2.88. The molecule has 0 aromatic heterocycles. The number of piperidine rings is 1. The molecule has 120 valence electrons. The van der Waals surface area contributed by atoms with Crippen molar-refractivity contribution in [2.75, 3.05) is 6.61 Å². The van der Waals surface area contributed by atoms with E-state index in [1.807, 2.05) is 30.3 Å². The van der Waals surface area contributed by atoms with E-state index in [-0.39, 0.29) is 24.2 Å². The van der Waals surface area contributed by atoms with E-state index in [0.717, 1.165) is 18.4 Å². The first-order chi connectivity index (χ1) is 10.7. The number of rotatable bonds is 4.